The van der Waals surface area contributed by atoms with Gasteiger partial charge in [-0.25, -0.2) is 18.4 Å². The van der Waals surface area contributed by atoms with E-state index in [0.29, 0.717) is 29.2 Å². The molecule has 2 atom stereocenters. The zero-order chi connectivity index (χ0) is 35.4. The highest BCUT2D eigenvalue weighted by Gasteiger charge is 2.38. The normalized spacial score (nSPS) is 18.6. The van der Waals surface area contributed by atoms with Crippen molar-refractivity contribution >= 4 is 41.0 Å². The van der Waals surface area contributed by atoms with Crippen LogP contribution in [0.4, 0.5) is 19.3 Å². The molecule has 50 heavy (non-hydrogen) atoms. The molecule has 3 saturated heterocycles. The number of amides is 1. The van der Waals surface area contributed by atoms with E-state index in [0.717, 1.165) is 36.9 Å². The molecule has 0 spiro atoms. The molecule has 3 aliphatic rings. The van der Waals surface area contributed by atoms with Gasteiger partial charge in [-0.1, -0.05) is 41.4 Å². The van der Waals surface area contributed by atoms with Crippen LogP contribution in [0, 0.1) is 17.6 Å². The quantitative estimate of drug-likeness (QED) is 0.144. The van der Waals surface area contributed by atoms with E-state index in [4.69, 9.17) is 42.1 Å². The monoisotopic (exact) mass is 725 g/mol. The van der Waals surface area contributed by atoms with Crippen LogP contribution in [0.15, 0.2) is 73.1 Å². The third-order valence-corrected chi connectivity index (χ3v) is 9.84. The molecule has 7 rings (SSSR count). The van der Waals surface area contributed by atoms with Gasteiger partial charge in [0.2, 0.25) is 0 Å². The molecule has 3 fully saturated rings. The number of aromatic nitrogens is 1. The summed E-state index contributed by atoms with van der Waals surface area (Å²) in [5.74, 6) is -1.10. The first-order chi connectivity index (χ1) is 24.1. The van der Waals surface area contributed by atoms with Crippen molar-refractivity contribution in [2.75, 3.05) is 38.8 Å². The van der Waals surface area contributed by atoms with Crippen molar-refractivity contribution < 1.29 is 37.3 Å². The van der Waals surface area contributed by atoms with Crippen molar-refractivity contribution in [1.82, 2.24) is 9.88 Å². The number of para-hydroxylation sites is 1. The second-order valence-corrected chi connectivity index (χ2v) is 13.0. The van der Waals surface area contributed by atoms with Crippen molar-refractivity contribution in [1.29, 1.82) is 0 Å². The van der Waals surface area contributed by atoms with E-state index in [1.807, 2.05) is 0 Å². The number of nitrogens with zero attached hydrogens (tertiary/aromatic N) is 3. The average molecular weight is 727 g/mol. The molecule has 0 radical (unpaired) electrons. The van der Waals surface area contributed by atoms with Crippen molar-refractivity contribution in [2.45, 2.75) is 38.0 Å². The number of methoxy groups -OCH3 is 2. The van der Waals surface area contributed by atoms with Crippen LogP contribution < -0.4 is 14.4 Å². The molecule has 1 aromatic heterocycles. The summed E-state index contributed by atoms with van der Waals surface area (Å²) in [5.41, 5.74) is 0.918. The average Bonchev–Trinajstić information content (AvgIpc) is 3.12. The van der Waals surface area contributed by atoms with Gasteiger partial charge in [0.05, 0.1) is 42.1 Å². The Labute approximate surface area is 298 Å². The van der Waals surface area contributed by atoms with Crippen LogP contribution in [0.5, 0.6) is 11.5 Å². The maximum atomic E-state index is 15.4. The number of fused-ring (bicyclic) bond motifs is 3. The minimum atomic E-state index is -0.931. The Kier molecular flexibility index (Phi) is 11.1. The third kappa shape index (κ3) is 7.80. The lowest BCUT2D eigenvalue weighted by Gasteiger charge is -2.44. The van der Waals surface area contributed by atoms with Gasteiger partial charge >= 0.3 is 12.1 Å². The van der Waals surface area contributed by atoms with Gasteiger partial charge in [-0.15, -0.1) is 0 Å². The number of anilines is 1. The minimum absolute atomic E-state index is 0.00181. The highest BCUT2D eigenvalue weighted by molar-refractivity contribution is 6.35. The fourth-order valence-corrected chi connectivity index (χ4v) is 6.96. The zero-order valence-electron chi connectivity index (χ0n) is 27.4. The number of benzene rings is 3. The molecule has 0 saturated carbocycles. The SMILES string of the molecule is COc1ccc([C@H](Cc2c(Cl)cncc2Cl)OC(=O)c2ccc(F)c(CN(C(=O)O[C@H]3CN4CCC3CC4)c3ccccc3F)c2)cc1OC. The van der Waals surface area contributed by atoms with E-state index < -0.39 is 36.3 Å². The molecule has 4 aromatic rings. The summed E-state index contributed by atoms with van der Waals surface area (Å²) in [5, 5.41) is 0.558. The Bertz CT molecular complexity index is 1850. The molecule has 262 valence electrons. The molecular formula is C37H35Cl2F2N3O6. The van der Waals surface area contributed by atoms with Gasteiger partial charge in [-0.05, 0) is 85.4 Å². The Morgan fingerprint density at radius 2 is 1.66 bits per heavy atom. The van der Waals surface area contributed by atoms with Gasteiger partial charge in [0, 0.05) is 30.9 Å². The smallest absolute Gasteiger partial charge is 0.415 e. The first-order valence-electron chi connectivity index (χ1n) is 16.1. The van der Waals surface area contributed by atoms with Crippen molar-refractivity contribution in [3.8, 4) is 11.5 Å². The number of pyridine rings is 1. The number of carbonyl (C=O) groups excluding carboxylic acids is 2. The molecule has 1 amide bonds. The summed E-state index contributed by atoms with van der Waals surface area (Å²) in [6, 6.07) is 14.4. The van der Waals surface area contributed by atoms with E-state index >= 15 is 8.78 Å². The number of rotatable bonds is 11. The van der Waals surface area contributed by atoms with Crippen LogP contribution in [-0.4, -0.2) is 61.9 Å². The molecule has 2 bridgehead atoms. The Morgan fingerprint density at radius 3 is 2.32 bits per heavy atom. The minimum Gasteiger partial charge on any atom is -0.493 e. The molecule has 0 unspecified atom stereocenters. The zero-order valence-corrected chi connectivity index (χ0v) is 28.9. The number of hydrogen-bond acceptors (Lipinski definition) is 8. The van der Waals surface area contributed by atoms with E-state index in [-0.39, 0.29) is 45.3 Å². The molecule has 0 aliphatic carbocycles. The standard InChI is InChI=1S/C37H35Cl2F2N3O6/c1-47-32-10-8-23(16-34(32)48-2)33(17-26-27(38)18-42-19-28(26)39)49-36(45)24-7-9-29(40)25(15-24)20-44(31-6-4-3-5-30(31)41)37(46)50-35-21-43-13-11-22(35)12-14-43/h3-10,15-16,18-19,22,33,35H,11-14,17,20-21H2,1-2H3/t33-,35-/m0/s1. The lowest BCUT2D eigenvalue weighted by atomic mass is 9.86. The Hall–Kier alpha value is -4.45. The number of piperidine rings is 3. The van der Waals surface area contributed by atoms with Gasteiger partial charge in [0.25, 0.3) is 0 Å². The fourth-order valence-electron chi connectivity index (χ4n) is 6.45. The van der Waals surface area contributed by atoms with Crippen molar-refractivity contribution in [3.05, 3.63) is 117 Å². The first-order valence-corrected chi connectivity index (χ1v) is 16.8. The van der Waals surface area contributed by atoms with Gasteiger partial charge < -0.3 is 18.9 Å². The maximum Gasteiger partial charge on any atom is 0.415 e. The number of ether oxygens (including phenoxy) is 4. The summed E-state index contributed by atoms with van der Waals surface area (Å²) in [4.78, 5) is 34.7. The van der Waals surface area contributed by atoms with Crippen molar-refractivity contribution in [3.63, 3.8) is 0 Å². The Morgan fingerprint density at radius 1 is 0.940 bits per heavy atom. The highest BCUT2D eigenvalue weighted by atomic mass is 35.5. The lowest BCUT2D eigenvalue weighted by Crippen LogP contribution is -2.53. The number of hydrogen-bond donors (Lipinski definition) is 0. The van der Waals surface area contributed by atoms with Crippen molar-refractivity contribution in [2.24, 2.45) is 5.92 Å². The number of halogens is 4. The number of esters is 1. The Balaban J connectivity index is 1.28. The molecule has 3 aliphatic heterocycles. The second-order valence-electron chi connectivity index (χ2n) is 12.2. The first kappa shape index (κ1) is 35.4. The van der Waals surface area contributed by atoms with E-state index in [1.165, 1.54) is 56.9 Å². The second kappa shape index (κ2) is 15.6. The van der Waals surface area contributed by atoms with Crippen LogP contribution in [0.25, 0.3) is 0 Å². The molecule has 9 nitrogen and oxygen atoms in total. The van der Waals surface area contributed by atoms with Gasteiger partial charge in [-0.2, -0.15) is 0 Å². The van der Waals surface area contributed by atoms with Gasteiger partial charge in [-0.3, -0.25) is 14.8 Å². The van der Waals surface area contributed by atoms with Gasteiger partial charge in [0.15, 0.2) is 11.5 Å². The summed E-state index contributed by atoms with van der Waals surface area (Å²) in [7, 11) is 2.99. The highest BCUT2D eigenvalue weighted by Crippen LogP contribution is 2.36. The topological polar surface area (TPSA) is 90.4 Å². The van der Waals surface area contributed by atoms with Crippen LogP contribution in [-0.2, 0) is 22.4 Å². The fraction of sp³-hybridized carbons (Fsp3) is 0.324. The van der Waals surface area contributed by atoms with Crippen LogP contribution >= 0.6 is 23.2 Å². The molecule has 0 N–H and O–H groups in total. The maximum absolute atomic E-state index is 15.4. The molecule has 13 heteroatoms. The third-order valence-electron chi connectivity index (χ3n) is 9.19. The van der Waals surface area contributed by atoms with Gasteiger partial charge in [0.1, 0.15) is 23.8 Å². The summed E-state index contributed by atoms with van der Waals surface area (Å²) in [6.07, 6.45) is 2.65. The van der Waals surface area contributed by atoms with Crippen LogP contribution in [0.2, 0.25) is 10.0 Å². The molecular weight excluding hydrogens is 691 g/mol. The summed E-state index contributed by atoms with van der Waals surface area (Å²) >= 11 is 12.9. The molecule has 3 aromatic carbocycles. The van der Waals surface area contributed by atoms with E-state index in [2.05, 4.69) is 9.88 Å². The summed E-state index contributed by atoms with van der Waals surface area (Å²) < 4.78 is 53.3. The lowest BCUT2D eigenvalue weighted by molar-refractivity contribution is -0.0311. The largest absolute Gasteiger partial charge is 0.493 e. The van der Waals surface area contributed by atoms with E-state index in [1.54, 1.807) is 24.3 Å². The van der Waals surface area contributed by atoms with Crippen LogP contribution in [0.3, 0.4) is 0 Å². The number of carbonyl (C=O) groups is 2. The predicted molar refractivity (Wildman–Crippen MR) is 184 cm³/mol. The molecule has 4 heterocycles. The summed E-state index contributed by atoms with van der Waals surface area (Å²) in [6.45, 7) is 2.07. The van der Waals surface area contributed by atoms with E-state index in [9.17, 15) is 9.59 Å². The van der Waals surface area contributed by atoms with Crippen LogP contribution in [0.1, 0.15) is 46.0 Å². The predicted octanol–water partition coefficient (Wildman–Crippen LogP) is 8.06.